The fourth-order valence-corrected chi connectivity index (χ4v) is 2.62. The molecule has 0 radical (unpaired) electrons. The summed E-state index contributed by atoms with van der Waals surface area (Å²) in [6.45, 7) is 1.02. The number of aliphatic hydroxyl groups is 1. The van der Waals surface area contributed by atoms with Gasteiger partial charge in [0.1, 0.15) is 5.82 Å². The van der Waals surface area contributed by atoms with E-state index in [1.54, 1.807) is 17.2 Å². The Bertz CT molecular complexity index is 453. The fraction of sp³-hybridized carbons (Fsp3) is 0.462. The third-order valence-electron chi connectivity index (χ3n) is 3.08. The number of aliphatic hydroxyl groups excluding tert-OH is 1. The van der Waals surface area contributed by atoms with Gasteiger partial charge in [-0.3, -0.25) is 4.79 Å². The smallest absolute Gasteiger partial charge is 0.253 e. The van der Waals surface area contributed by atoms with Crippen molar-refractivity contribution in [3.8, 4) is 0 Å². The van der Waals surface area contributed by atoms with E-state index in [1.807, 2.05) is 0 Å². The summed E-state index contributed by atoms with van der Waals surface area (Å²) >= 11 is 1.28. The molecule has 3 nitrogen and oxygen atoms in total. The number of thioether (sulfide) groups is 1. The minimum absolute atomic E-state index is 0.135. The Labute approximate surface area is 110 Å². The number of hydrogen-bond acceptors (Lipinski definition) is 3. The summed E-state index contributed by atoms with van der Waals surface area (Å²) < 4.78 is 13.4. The molecule has 1 atom stereocenters. The van der Waals surface area contributed by atoms with Crippen molar-refractivity contribution >= 4 is 17.7 Å². The van der Waals surface area contributed by atoms with Gasteiger partial charge in [-0.2, -0.15) is 0 Å². The number of nitrogens with zero attached hydrogens (tertiary/aromatic N) is 1. The zero-order valence-electron chi connectivity index (χ0n) is 10.2. The lowest BCUT2D eigenvalue weighted by Gasteiger charge is -2.30. The van der Waals surface area contributed by atoms with Crippen LogP contribution in [0.25, 0.3) is 0 Å². The van der Waals surface area contributed by atoms with Crippen LogP contribution in [0.1, 0.15) is 23.2 Å². The number of carbonyl (C=O) groups excluding carboxylic acids is 1. The van der Waals surface area contributed by atoms with Crippen molar-refractivity contribution in [3.05, 3.63) is 29.6 Å². The van der Waals surface area contributed by atoms with Gasteiger partial charge in [0.2, 0.25) is 0 Å². The molecule has 1 aromatic carbocycles. The van der Waals surface area contributed by atoms with Crippen LogP contribution in [-0.4, -0.2) is 41.4 Å². The average Bonchev–Trinajstić information content (AvgIpc) is 2.38. The Balaban J connectivity index is 2.17. The SMILES string of the molecule is CSc1cc(C(=O)N2CCCC(O)C2)ccc1F. The molecule has 1 amide bonds. The van der Waals surface area contributed by atoms with Gasteiger partial charge in [-0.25, -0.2) is 4.39 Å². The predicted octanol–water partition coefficient (Wildman–Crippen LogP) is 2.14. The van der Waals surface area contributed by atoms with Crippen LogP contribution >= 0.6 is 11.8 Å². The second-order valence-corrected chi connectivity index (χ2v) is 5.24. The molecule has 18 heavy (non-hydrogen) atoms. The molecule has 2 rings (SSSR count). The van der Waals surface area contributed by atoms with E-state index >= 15 is 0 Å². The number of carbonyl (C=O) groups is 1. The summed E-state index contributed by atoms with van der Waals surface area (Å²) in [7, 11) is 0. The van der Waals surface area contributed by atoms with Crippen LogP contribution in [0.2, 0.25) is 0 Å². The minimum Gasteiger partial charge on any atom is -0.391 e. The second kappa shape index (κ2) is 5.71. The van der Waals surface area contributed by atoms with Gasteiger partial charge >= 0.3 is 0 Å². The summed E-state index contributed by atoms with van der Waals surface area (Å²) in [6, 6.07) is 4.39. The molecular formula is C13H16FNO2S. The van der Waals surface area contributed by atoms with Crippen molar-refractivity contribution < 1.29 is 14.3 Å². The molecule has 1 aliphatic rings. The number of benzene rings is 1. The largest absolute Gasteiger partial charge is 0.391 e. The van der Waals surface area contributed by atoms with E-state index in [0.717, 1.165) is 12.8 Å². The molecule has 1 saturated heterocycles. The average molecular weight is 269 g/mol. The number of piperidine rings is 1. The Morgan fingerprint density at radius 2 is 2.33 bits per heavy atom. The van der Waals surface area contributed by atoms with Gasteiger partial charge in [0.25, 0.3) is 5.91 Å². The van der Waals surface area contributed by atoms with E-state index in [0.29, 0.717) is 23.5 Å². The highest BCUT2D eigenvalue weighted by Crippen LogP contribution is 2.22. The lowest BCUT2D eigenvalue weighted by molar-refractivity contribution is 0.0473. The molecule has 0 bridgehead atoms. The van der Waals surface area contributed by atoms with Crippen LogP contribution < -0.4 is 0 Å². The van der Waals surface area contributed by atoms with Gasteiger partial charge in [0.05, 0.1) is 6.10 Å². The monoisotopic (exact) mass is 269 g/mol. The molecular weight excluding hydrogens is 253 g/mol. The molecule has 1 fully saturated rings. The maximum Gasteiger partial charge on any atom is 0.253 e. The van der Waals surface area contributed by atoms with E-state index in [2.05, 4.69) is 0 Å². The van der Waals surface area contributed by atoms with Crippen LogP contribution in [-0.2, 0) is 0 Å². The molecule has 1 heterocycles. The van der Waals surface area contributed by atoms with Gasteiger partial charge in [-0.15, -0.1) is 11.8 Å². The van der Waals surface area contributed by atoms with Crippen LogP contribution in [0.5, 0.6) is 0 Å². The van der Waals surface area contributed by atoms with Crippen LogP contribution in [0, 0.1) is 5.82 Å². The maximum atomic E-state index is 13.4. The molecule has 1 unspecified atom stereocenters. The normalized spacial score (nSPS) is 19.9. The predicted molar refractivity (Wildman–Crippen MR) is 69.3 cm³/mol. The Morgan fingerprint density at radius 3 is 3.00 bits per heavy atom. The van der Waals surface area contributed by atoms with Crippen LogP contribution in [0.3, 0.4) is 0 Å². The maximum absolute atomic E-state index is 13.4. The van der Waals surface area contributed by atoms with Gasteiger partial charge in [0.15, 0.2) is 0 Å². The number of likely N-dealkylation sites (tertiary alicyclic amines) is 1. The topological polar surface area (TPSA) is 40.5 Å². The number of rotatable bonds is 2. The standard InChI is InChI=1S/C13H16FNO2S/c1-18-12-7-9(4-5-11(12)14)13(17)15-6-2-3-10(16)8-15/h4-5,7,10,16H,2-3,6,8H2,1H3. The van der Waals surface area contributed by atoms with Gasteiger partial charge < -0.3 is 10.0 Å². The third kappa shape index (κ3) is 2.84. The highest BCUT2D eigenvalue weighted by atomic mass is 32.2. The van der Waals surface area contributed by atoms with E-state index in [-0.39, 0.29) is 11.7 Å². The van der Waals surface area contributed by atoms with Crippen molar-refractivity contribution in [2.24, 2.45) is 0 Å². The zero-order chi connectivity index (χ0) is 13.1. The van der Waals surface area contributed by atoms with Crippen molar-refractivity contribution in [2.75, 3.05) is 19.3 Å². The van der Waals surface area contributed by atoms with Crippen molar-refractivity contribution in [1.82, 2.24) is 4.90 Å². The number of hydrogen-bond donors (Lipinski definition) is 1. The molecule has 1 N–H and O–H groups in total. The second-order valence-electron chi connectivity index (χ2n) is 4.40. The Morgan fingerprint density at radius 1 is 1.56 bits per heavy atom. The zero-order valence-corrected chi connectivity index (χ0v) is 11.0. The number of β-amino-alcohol motifs (C(OH)–C–C–N with tert-alkyl or cyclic N) is 1. The highest BCUT2D eigenvalue weighted by Gasteiger charge is 2.23. The molecule has 0 spiro atoms. The number of amides is 1. The molecule has 0 saturated carbocycles. The first kappa shape index (κ1) is 13.4. The van der Waals surface area contributed by atoms with Crippen LogP contribution in [0.4, 0.5) is 4.39 Å². The summed E-state index contributed by atoms with van der Waals surface area (Å²) in [5, 5.41) is 9.56. The fourth-order valence-electron chi connectivity index (χ4n) is 2.11. The lowest BCUT2D eigenvalue weighted by Crippen LogP contribution is -2.42. The van der Waals surface area contributed by atoms with Crippen molar-refractivity contribution in [1.29, 1.82) is 0 Å². The number of halogens is 1. The van der Waals surface area contributed by atoms with E-state index in [4.69, 9.17) is 0 Å². The molecule has 0 aliphatic carbocycles. The van der Waals surface area contributed by atoms with E-state index < -0.39 is 6.10 Å². The quantitative estimate of drug-likeness (QED) is 0.836. The van der Waals surface area contributed by atoms with Gasteiger partial charge in [0, 0.05) is 23.5 Å². The van der Waals surface area contributed by atoms with E-state index in [9.17, 15) is 14.3 Å². The minimum atomic E-state index is -0.442. The van der Waals surface area contributed by atoms with Gasteiger partial charge in [-0.1, -0.05) is 0 Å². The summed E-state index contributed by atoms with van der Waals surface area (Å²) in [5.74, 6) is -0.443. The highest BCUT2D eigenvalue weighted by molar-refractivity contribution is 7.98. The van der Waals surface area contributed by atoms with Gasteiger partial charge in [-0.05, 0) is 37.3 Å². The van der Waals surface area contributed by atoms with E-state index in [1.165, 1.54) is 23.9 Å². The summed E-state index contributed by atoms with van der Waals surface area (Å²) in [6.07, 6.45) is 2.88. The lowest BCUT2D eigenvalue weighted by atomic mass is 10.1. The Hall–Kier alpha value is -1.07. The Kier molecular flexibility index (Phi) is 4.24. The summed E-state index contributed by atoms with van der Waals surface area (Å²) in [4.78, 5) is 14.3. The van der Waals surface area contributed by atoms with Crippen LogP contribution in [0.15, 0.2) is 23.1 Å². The van der Waals surface area contributed by atoms with Crippen molar-refractivity contribution in [2.45, 2.75) is 23.8 Å². The van der Waals surface area contributed by atoms with Crippen molar-refractivity contribution in [3.63, 3.8) is 0 Å². The molecule has 5 heteroatoms. The third-order valence-corrected chi connectivity index (χ3v) is 3.83. The molecule has 0 aromatic heterocycles. The first-order valence-electron chi connectivity index (χ1n) is 5.92. The summed E-state index contributed by atoms with van der Waals surface area (Å²) in [5.41, 5.74) is 0.481. The first-order chi connectivity index (χ1) is 8.61. The molecule has 98 valence electrons. The molecule has 1 aromatic rings. The molecule has 1 aliphatic heterocycles. The first-order valence-corrected chi connectivity index (χ1v) is 7.15.